The summed E-state index contributed by atoms with van der Waals surface area (Å²) in [6.07, 6.45) is 1.62. The van der Waals surface area contributed by atoms with Crippen molar-refractivity contribution in [2.45, 2.75) is 33.4 Å². The van der Waals surface area contributed by atoms with Gasteiger partial charge in [0.25, 0.3) is 0 Å². The Morgan fingerprint density at radius 1 is 1.29 bits per heavy atom. The molecule has 21 heavy (non-hydrogen) atoms. The second kappa shape index (κ2) is 5.37. The number of para-hydroxylation sites is 1. The van der Waals surface area contributed by atoms with Crippen molar-refractivity contribution in [3.8, 4) is 0 Å². The zero-order chi connectivity index (χ0) is 15.0. The van der Waals surface area contributed by atoms with Gasteiger partial charge >= 0.3 is 0 Å². The second-order valence-corrected chi connectivity index (χ2v) is 5.73. The van der Waals surface area contributed by atoms with Crippen molar-refractivity contribution in [1.82, 2.24) is 15.0 Å². The minimum Gasteiger partial charge on any atom is -0.364 e. The summed E-state index contributed by atoms with van der Waals surface area (Å²) < 4.78 is 4.94. The van der Waals surface area contributed by atoms with Crippen LogP contribution in [0.3, 0.4) is 0 Å². The molecule has 3 aromatic rings. The summed E-state index contributed by atoms with van der Waals surface area (Å²) >= 11 is 0. The van der Waals surface area contributed by atoms with Gasteiger partial charge in [-0.25, -0.2) is 0 Å². The third kappa shape index (κ3) is 2.47. The van der Waals surface area contributed by atoms with Crippen LogP contribution in [-0.4, -0.2) is 22.1 Å². The van der Waals surface area contributed by atoms with Crippen molar-refractivity contribution in [1.29, 1.82) is 0 Å². The van der Waals surface area contributed by atoms with Crippen LogP contribution in [0.5, 0.6) is 0 Å². The zero-order valence-corrected chi connectivity index (χ0v) is 13.0. The fraction of sp³-hybridized carbons (Fsp3) is 0.353. The summed E-state index contributed by atoms with van der Waals surface area (Å²) in [4.78, 5) is 5.79. The molecule has 1 aromatic carbocycles. The van der Waals surface area contributed by atoms with Crippen LogP contribution in [0, 0.1) is 13.8 Å². The van der Waals surface area contributed by atoms with Crippen LogP contribution >= 0.6 is 0 Å². The van der Waals surface area contributed by atoms with Crippen molar-refractivity contribution < 1.29 is 4.52 Å². The lowest BCUT2D eigenvalue weighted by molar-refractivity contribution is 0.241. The standard InChI is InChI=1S/C17H21N3O/c1-11-12(2)18-17-14(6-5-7-15(11)17)10-20(4)13(3)16-8-9-21-19-16/h5-9,13,18H,10H2,1-4H3. The highest BCUT2D eigenvalue weighted by atomic mass is 16.5. The van der Waals surface area contributed by atoms with Crippen LogP contribution in [0.25, 0.3) is 10.9 Å². The van der Waals surface area contributed by atoms with Crippen molar-refractivity contribution in [3.05, 3.63) is 53.0 Å². The van der Waals surface area contributed by atoms with Gasteiger partial charge in [-0.1, -0.05) is 23.4 Å². The van der Waals surface area contributed by atoms with E-state index >= 15 is 0 Å². The molecule has 0 bridgehead atoms. The molecule has 1 atom stereocenters. The van der Waals surface area contributed by atoms with Crippen LogP contribution in [0.15, 0.2) is 35.1 Å². The van der Waals surface area contributed by atoms with E-state index in [0.29, 0.717) is 0 Å². The fourth-order valence-corrected chi connectivity index (χ4v) is 2.74. The lowest BCUT2D eigenvalue weighted by Crippen LogP contribution is -2.22. The average molecular weight is 283 g/mol. The van der Waals surface area contributed by atoms with Crippen LogP contribution < -0.4 is 0 Å². The Hall–Kier alpha value is -2.07. The minimum absolute atomic E-state index is 0.219. The highest BCUT2D eigenvalue weighted by molar-refractivity contribution is 5.87. The average Bonchev–Trinajstić information content (AvgIpc) is 3.09. The maximum absolute atomic E-state index is 4.94. The molecule has 4 nitrogen and oxygen atoms in total. The first-order chi connectivity index (χ1) is 10.1. The van der Waals surface area contributed by atoms with E-state index in [4.69, 9.17) is 4.52 Å². The van der Waals surface area contributed by atoms with E-state index in [-0.39, 0.29) is 6.04 Å². The highest BCUT2D eigenvalue weighted by Crippen LogP contribution is 2.26. The monoisotopic (exact) mass is 283 g/mol. The topological polar surface area (TPSA) is 45.1 Å². The number of rotatable bonds is 4. The van der Waals surface area contributed by atoms with Gasteiger partial charge in [0.05, 0.1) is 11.6 Å². The third-order valence-electron chi connectivity index (χ3n) is 4.40. The molecular weight excluding hydrogens is 262 g/mol. The maximum atomic E-state index is 4.94. The van der Waals surface area contributed by atoms with Crippen LogP contribution in [0.1, 0.15) is 35.5 Å². The molecule has 0 amide bonds. The van der Waals surface area contributed by atoms with Crippen LogP contribution in [-0.2, 0) is 6.54 Å². The van der Waals surface area contributed by atoms with Gasteiger partial charge in [-0.2, -0.15) is 0 Å². The Kier molecular flexibility index (Phi) is 3.55. The first-order valence-electron chi connectivity index (χ1n) is 7.25. The number of benzene rings is 1. The van der Waals surface area contributed by atoms with E-state index in [0.717, 1.165) is 12.2 Å². The highest BCUT2D eigenvalue weighted by Gasteiger charge is 2.16. The Balaban J connectivity index is 1.89. The number of nitrogens with one attached hydrogen (secondary N) is 1. The number of aromatic nitrogens is 2. The Bertz CT molecular complexity index is 743. The lowest BCUT2D eigenvalue weighted by atomic mass is 10.1. The molecule has 0 aliphatic carbocycles. The van der Waals surface area contributed by atoms with Gasteiger partial charge in [0, 0.05) is 23.7 Å². The predicted octanol–water partition coefficient (Wildman–Crippen LogP) is 3.97. The molecule has 2 heterocycles. The molecule has 0 aliphatic heterocycles. The van der Waals surface area contributed by atoms with Gasteiger partial charge in [0.15, 0.2) is 0 Å². The fourth-order valence-electron chi connectivity index (χ4n) is 2.74. The molecule has 0 spiro atoms. The van der Waals surface area contributed by atoms with E-state index in [1.165, 1.54) is 27.7 Å². The van der Waals surface area contributed by atoms with Crippen molar-refractivity contribution >= 4 is 10.9 Å². The molecule has 0 fully saturated rings. The summed E-state index contributed by atoms with van der Waals surface area (Å²) in [5.74, 6) is 0. The SMILES string of the molecule is Cc1[nH]c2c(CN(C)C(C)c3ccon3)cccc2c1C. The normalized spacial score (nSPS) is 13.2. The molecule has 2 aromatic heterocycles. The van der Waals surface area contributed by atoms with Gasteiger partial charge in [-0.3, -0.25) is 4.90 Å². The molecular formula is C17H21N3O. The number of aromatic amines is 1. The van der Waals surface area contributed by atoms with Crippen molar-refractivity contribution in [2.24, 2.45) is 0 Å². The molecule has 1 unspecified atom stereocenters. The number of hydrogen-bond donors (Lipinski definition) is 1. The first-order valence-corrected chi connectivity index (χ1v) is 7.25. The van der Waals surface area contributed by atoms with E-state index in [2.05, 4.69) is 61.1 Å². The zero-order valence-electron chi connectivity index (χ0n) is 13.0. The molecule has 0 aliphatic rings. The molecule has 0 saturated carbocycles. The Labute approximate surface area is 124 Å². The number of fused-ring (bicyclic) bond motifs is 1. The summed E-state index contributed by atoms with van der Waals surface area (Å²) in [6.45, 7) is 7.30. The first kappa shape index (κ1) is 13.9. The summed E-state index contributed by atoms with van der Waals surface area (Å²) in [6, 6.07) is 8.64. The van der Waals surface area contributed by atoms with Gasteiger partial charge in [0.2, 0.25) is 0 Å². The van der Waals surface area contributed by atoms with E-state index in [9.17, 15) is 0 Å². The van der Waals surface area contributed by atoms with Gasteiger partial charge < -0.3 is 9.51 Å². The maximum Gasteiger partial charge on any atom is 0.124 e. The van der Waals surface area contributed by atoms with E-state index in [1.807, 2.05) is 6.07 Å². The molecule has 0 saturated heterocycles. The number of hydrogen-bond acceptors (Lipinski definition) is 3. The molecule has 1 N–H and O–H groups in total. The summed E-state index contributed by atoms with van der Waals surface area (Å²) in [5, 5.41) is 5.35. The Morgan fingerprint density at radius 3 is 2.81 bits per heavy atom. The van der Waals surface area contributed by atoms with Gasteiger partial charge in [0.1, 0.15) is 12.0 Å². The van der Waals surface area contributed by atoms with Gasteiger partial charge in [-0.15, -0.1) is 0 Å². The van der Waals surface area contributed by atoms with E-state index < -0.39 is 0 Å². The number of aryl methyl sites for hydroxylation is 2. The predicted molar refractivity (Wildman–Crippen MR) is 84.2 cm³/mol. The smallest absolute Gasteiger partial charge is 0.124 e. The minimum atomic E-state index is 0.219. The third-order valence-corrected chi connectivity index (χ3v) is 4.40. The van der Waals surface area contributed by atoms with Crippen molar-refractivity contribution in [2.75, 3.05) is 7.05 Å². The van der Waals surface area contributed by atoms with Crippen LogP contribution in [0.4, 0.5) is 0 Å². The quantitative estimate of drug-likeness (QED) is 0.788. The number of nitrogens with zero attached hydrogens (tertiary/aromatic N) is 2. The molecule has 110 valence electrons. The molecule has 4 heteroatoms. The van der Waals surface area contributed by atoms with Crippen LogP contribution in [0.2, 0.25) is 0 Å². The lowest BCUT2D eigenvalue weighted by Gasteiger charge is -2.23. The van der Waals surface area contributed by atoms with Gasteiger partial charge in [-0.05, 0) is 38.9 Å². The van der Waals surface area contributed by atoms with E-state index in [1.54, 1.807) is 6.26 Å². The molecule has 0 radical (unpaired) electrons. The largest absolute Gasteiger partial charge is 0.364 e. The summed E-state index contributed by atoms with van der Waals surface area (Å²) in [5.41, 5.74) is 6.08. The summed E-state index contributed by atoms with van der Waals surface area (Å²) in [7, 11) is 2.11. The molecule has 3 rings (SSSR count). The van der Waals surface area contributed by atoms with Crippen molar-refractivity contribution in [3.63, 3.8) is 0 Å². The second-order valence-electron chi connectivity index (χ2n) is 5.73. The Morgan fingerprint density at radius 2 is 2.10 bits per heavy atom. The number of H-pyrrole nitrogens is 1.